The molecule has 45 heavy (non-hydrogen) atoms. The molecule has 0 spiro atoms. The van der Waals surface area contributed by atoms with E-state index in [0.717, 1.165) is 24.2 Å². The van der Waals surface area contributed by atoms with E-state index < -0.39 is 0 Å². The van der Waals surface area contributed by atoms with Crippen LogP contribution in [0.3, 0.4) is 0 Å². The van der Waals surface area contributed by atoms with Crippen molar-refractivity contribution < 1.29 is 5.11 Å². The van der Waals surface area contributed by atoms with Crippen LogP contribution in [0, 0.1) is 6.92 Å². The predicted molar refractivity (Wildman–Crippen MR) is 212 cm³/mol. The molecule has 0 aliphatic carbocycles. The van der Waals surface area contributed by atoms with Gasteiger partial charge in [0.1, 0.15) is 5.75 Å². The number of hydrogen-bond donors (Lipinski definition) is 1. The number of halogens is 1. The molecule has 1 aromatic heterocycles. The summed E-state index contributed by atoms with van der Waals surface area (Å²) in [6.45, 7) is 30.3. The van der Waals surface area contributed by atoms with E-state index in [4.69, 9.17) is 0 Å². The van der Waals surface area contributed by atoms with Crippen LogP contribution in [0.15, 0.2) is 47.0 Å². The molecule has 1 heterocycles. The molecule has 0 saturated heterocycles. The van der Waals surface area contributed by atoms with Gasteiger partial charge in [0.2, 0.25) is 5.95 Å². The molecule has 2 aromatic rings. The SMILES string of the molecule is C=CC.C=Cc1cnc(/N=C/c2cc(C)cc(Br)c2O)n1CCCCCCCCCCCCCCCC.CC.CC.CC.CC. The fourth-order valence-electron chi connectivity index (χ4n) is 4.33. The first-order valence-electron chi connectivity index (χ1n) is 18.3. The molecular formula is C40H74BrN3O. The molecule has 4 nitrogen and oxygen atoms in total. The third-order valence-corrected chi connectivity index (χ3v) is 6.97. The van der Waals surface area contributed by atoms with Crippen LogP contribution in [-0.4, -0.2) is 20.9 Å². The minimum Gasteiger partial charge on any atom is -0.506 e. The average Bonchev–Trinajstić information content (AvgIpc) is 3.47. The van der Waals surface area contributed by atoms with Crippen LogP contribution in [-0.2, 0) is 6.54 Å². The lowest BCUT2D eigenvalue weighted by Gasteiger charge is -2.08. The summed E-state index contributed by atoms with van der Waals surface area (Å²) in [4.78, 5) is 9.03. The zero-order chi connectivity index (χ0) is 35.3. The molecule has 0 saturated carbocycles. The summed E-state index contributed by atoms with van der Waals surface area (Å²) in [6.07, 6.45) is 26.0. The Bertz CT molecular complexity index is 934. The van der Waals surface area contributed by atoms with Crippen LogP contribution >= 0.6 is 15.9 Å². The number of unbranched alkanes of at least 4 members (excludes halogenated alkanes) is 13. The van der Waals surface area contributed by atoms with Crippen molar-refractivity contribution in [2.24, 2.45) is 4.99 Å². The van der Waals surface area contributed by atoms with Gasteiger partial charge in [0.15, 0.2) is 0 Å². The van der Waals surface area contributed by atoms with Crippen molar-refractivity contribution in [1.82, 2.24) is 9.55 Å². The summed E-state index contributed by atoms with van der Waals surface area (Å²) in [6, 6.07) is 3.80. The van der Waals surface area contributed by atoms with E-state index in [-0.39, 0.29) is 5.75 Å². The van der Waals surface area contributed by atoms with E-state index in [9.17, 15) is 5.11 Å². The molecule has 262 valence electrons. The first-order valence-corrected chi connectivity index (χ1v) is 19.1. The van der Waals surface area contributed by atoms with E-state index in [0.29, 0.717) is 16.0 Å². The topological polar surface area (TPSA) is 50.4 Å². The molecule has 5 heteroatoms. The molecule has 0 fully saturated rings. The fraction of sp³-hybridized carbons (Fsp3) is 0.650. The van der Waals surface area contributed by atoms with Crippen LogP contribution in [0.5, 0.6) is 5.75 Å². The Balaban J connectivity index is -0.000000681. The average molecular weight is 693 g/mol. The number of rotatable bonds is 18. The van der Waals surface area contributed by atoms with Crippen molar-refractivity contribution in [3.63, 3.8) is 0 Å². The summed E-state index contributed by atoms with van der Waals surface area (Å²) in [7, 11) is 0. The largest absolute Gasteiger partial charge is 0.506 e. The number of aromatic hydroxyl groups is 1. The highest BCUT2D eigenvalue weighted by Gasteiger charge is 2.08. The summed E-state index contributed by atoms with van der Waals surface area (Å²) < 4.78 is 2.79. The number of nitrogens with zero attached hydrogens (tertiary/aromatic N) is 3. The highest BCUT2D eigenvalue weighted by atomic mass is 79.9. The lowest BCUT2D eigenvalue weighted by atomic mass is 10.0. The lowest BCUT2D eigenvalue weighted by molar-refractivity contribution is 0.471. The standard InChI is InChI=1S/C29H44BrN3O.C3H6.4C2H6/c1-4-6-7-8-9-10-11-12-13-14-15-16-17-18-19-33-26(5-2)23-32-29(33)31-22-25-20-24(3)21-27(30)28(25)34;1-3-2;4*1-2/h5,20-23,34H,2,4,6-19H2,1,3H3;3H,1H2,2H3;4*1-2H3/b31-22+;;;;;. The van der Waals surface area contributed by atoms with Gasteiger partial charge in [-0.2, -0.15) is 0 Å². The Morgan fingerprint density at radius 1 is 0.778 bits per heavy atom. The van der Waals surface area contributed by atoms with Gasteiger partial charge in [0.25, 0.3) is 0 Å². The first kappa shape index (κ1) is 49.7. The minimum atomic E-state index is 0.198. The predicted octanol–water partition coefficient (Wildman–Crippen LogP) is 14.8. The van der Waals surface area contributed by atoms with Gasteiger partial charge in [0.05, 0.1) is 16.4 Å². The molecule has 0 bridgehead atoms. The summed E-state index contributed by atoms with van der Waals surface area (Å²) in [5, 5.41) is 10.3. The molecule has 1 N–H and O–H groups in total. The number of allylic oxidation sites excluding steroid dienone is 1. The Labute approximate surface area is 290 Å². The number of phenols is 1. The van der Waals surface area contributed by atoms with E-state index >= 15 is 0 Å². The van der Waals surface area contributed by atoms with Gasteiger partial charge in [-0.25, -0.2) is 9.98 Å². The maximum atomic E-state index is 10.3. The Kier molecular flexibility index (Phi) is 44.1. The minimum absolute atomic E-state index is 0.198. The maximum Gasteiger partial charge on any atom is 0.229 e. The molecule has 0 aliphatic heterocycles. The van der Waals surface area contributed by atoms with Gasteiger partial charge in [0, 0.05) is 18.3 Å². The third kappa shape index (κ3) is 26.8. The van der Waals surface area contributed by atoms with Crippen LogP contribution in [0.25, 0.3) is 6.08 Å². The lowest BCUT2D eigenvalue weighted by Crippen LogP contribution is -2.00. The van der Waals surface area contributed by atoms with E-state index in [1.165, 1.54) is 83.5 Å². The molecule has 1 aromatic carbocycles. The first-order chi connectivity index (χ1) is 22.0. The zero-order valence-corrected chi connectivity index (χ0v) is 33.2. The van der Waals surface area contributed by atoms with E-state index in [2.05, 4.69) is 50.6 Å². The Hall–Kier alpha value is -2.14. The Morgan fingerprint density at radius 3 is 1.62 bits per heavy atom. The van der Waals surface area contributed by atoms with Gasteiger partial charge in [-0.1, -0.05) is 158 Å². The number of hydrogen-bond acceptors (Lipinski definition) is 3. The number of imidazole rings is 1. The highest BCUT2D eigenvalue weighted by Crippen LogP contribution is 2.28. The van der Waals surface area contributed by atoms with Crippen LogP contribution < -0.4 is 0 Å². The number of benzene rings is 1. The van der Waals surface area contributed by atoms with Crippen molar-refractivity contribution >= 4 is 34.2 Å². The second-order valence-electron chi connectivity index (χ2n) is 9.79. The van der Waals surface area contributed by atoms with Gasteiger partial charge >= 0.3 is 0 Å². The van der Waals surface area contributed by atoms with Crippen LogP contribution in [0.4, 0.5) is 5.95 Å². The summed E-state index contributed by atoms with van der Waals surface area (Å²) in [5.74, 6) is 0.852. The highest BCUT2D eigenvalue weighted by molar-refractivity contribution is 9.10. The Morgan fingerprint density at radius 2 is 1.20 bits per heavy atom. The van der Waals surface area contributed by atoms with Gasteiger partial charge in [-0.3, -0.25) is 0 Å². The smallest absolute Gasteiger partial charge is 0.229 e. The molecule has 0 radical (unpaired) electrons. The fourth-order valence-corrected chi connectivity index (χ4v) is 4.92. The second-order valence-corrected chi connectivity index (χ2v) is 10.6. The van der Waals surface area contributed by atoms with Gasteiger partial charge < -0.3 is 9.67 Å². The van der Waals surface area contributed by atoms with Crippen molar-refractivity contribution in [1.29, 1.82) is 0 Å². The van der Waals surface area contributed by atoms with E-state index in [1.807, 2.05) is 93.6 Å². The van der Waals surface area contributed by atoms with E-state index in [1.54, 1.807) is 12.3 Å². The molecular weight excluding hydrogens is 618 g/mol. The quantitative estimate of drug-likeness (QED) is 0.0960. The molecule has 0 unspecified atom stereocenters. The third-order valence-electron chi connectivity index (χ3n) is 6.37. The van der Waals surface area contributed by atoms with Crippen molar-refractivity contribution in [3.05, 3.63) is 58.9 Å². The monoisotopic (exact) mass is 692 g/mol. The molecule has 0 atom stereocenters. The zero-order valence-electron chi connectivity index (χ0n) is 31.7. The van der Waals surface area contributed by atoms with Gasteiger partial charge in [-0.15, -0.1) is 6.58 Å². The second kappa shape index (κ2) is 39.9. The summed E-state index contributed by atoms with van der Waals surface area (Å²) >= 11 is 3.39. The number of phenolic OH excluding ortho intramolecular Hbond substituents is 1. The number of aromatic nitrogens is 2. The number of aliphatic imine (C=N–C) groups is 1. The summed E-state index contributed by atoms with van der Waals surface area (Å²) in [5.41, 5.74) is 2.72. The van der Waals surface area contributed by atoms with Crippen LogP contribution in [0.1, 0.15) is 176 Å². The molecule has 0 aliphatic rings. The van der Waals surface area contributed by atoms with Crippen molar-refractivity contribution in [2.45, 2.75) is 173 Å². The van der Waals surface area contributed by atoms with Crippen LogP contribution in [0.2, 0.25) is 0 Å². The maximum absolute atomic E-state index is 10.3. The molecule has 2 rings (SSSR count). The molecule has 0 amide bonds. The van der Waals surface area contributed by atoms with Crippen molar-refractivity contribution in [3.8, 4) is 5.75 Å². The van der Waals surface area contributed by atoms with Crippen molar-refractivity contribution in [2.75, 3.05) is 0 Å². The number of aryl methyl sites for hydroxylation is 1. The normalized spacial score (nSPS) is 9.51. The van der Waals surface area contributed by atoms with Gasteiger partial charge in [-0.05, 0) is 60.0 Å².